The fraction of sp³-hybridized carbons (Fsp3) is 0.500. The Balaban J connectivity index is 1.68. The topological polar surface area (TPSA) is 29.1 Å². The van der Waals surface area contributed by atoms with E-state index in [0.717, 1.165) is 12.3 Å². The van der Waals surface area contributed by atoms with Crippen molar-refractivity contribution in [1.29, 1.82) is 0 Å². The van der Waals surface area contributed by atoms with E-state index in [9.17, 15) is 9.18 Å². The molecule has 1 amide bonds. The largest absolute Gasteiger partial charge is 0.349 e. The van der Waals surface area contributed by atoms with Gasteiger partial charge in [0, 0.05) is 11.6 Å². The van der Waals surface area contributed by atoms with Crippen LogP contribution in [0.5, 0.6) is 0 Å². The third-order valence-corrected chi connectivity index (χ3v) is 4.14. The second-order valence-electron chi connectivity index (χ2n) is 5.27. The first-order chi connectivity index (χ1) is 8.22. The monoisotopic (exact) mass is 233 g/mol. The molecule has 2 fully saturated rings. The third-order valence-electron chi connectivity index (χ3n) is 4.14. The van der Waals surface area contributed by atoms with Crippen LogP contribution in [-0.2, 0) is 0 Å². The Bertz CT molecular complexity index is 446. The van der Waals surface area contributed by atoms with Crippen LogP contribution >= 0.6 is 0 Å². The lowest BCUT2D eigenvalue weighted by atomic mass is 9.95. The number of nitrogens with one attached hydrogen (secondary N) is 1. The summed E-state index contributed by atoms with van der Waals surface area (Å²) in [6.07, 6.45) is 4.91. The molecule has 17 heavy (non-hydrogen) atoms. The Morgan fingerprint density at radius 3 is 2.82 bits per heavy atom. The number of amides is 1. The maximum absolute atomic E-state index is 13.0. The predicted molar refractivity (Wildman–Crippen MR) is 63.1 cm³/mol. The van der Waals surface area contributed by atoms with Crippen molar-refractivity contribution < 1.29 is 9.18 Å². The minimum atomic E-state index is -0.356. The molecule has 3 rings (SSSR count). The van der Waals surface area contributed by atoms with E-state index in [0.29, 0.717) is 17.5 Å². The van der Waals surface area contributed by atoms with Gasteiger partial charge in [-0.2, -0.15) is 0 Å². The van der Waals surface area contributed by atoms with Gasteiger partial charge in [-0.3, -0.25) is 4.79 Å². The molecular weight excluding hydrogens is 217 g/mol. The average Bonchev–Trinajstić information content (AvgIpc) is 2.91. The second kappa shape index (κ2) is 4.13. The fourth-order valence-electron chi connectivity index (χ4n) is 3.30. The first kappa shape index (κ1) is 10.8. The van der Waals surface area contributed by atoms with Crippen LogP contribution in [0, 0.1) is 17.7 Å². The quantitative estimate of drug-likeness (QED) is 0.836. The van der Waals surface area contributed by atoms with E-state index in [2.05, 4.69) is 5.32 Å². The molecule has 90 valence electrons. The van der Waals surface area contributed by atoms with Gasteiger partial charge in [0.15, 0.2) is 0 Å². The van der Waals surface area contributed by atoms with E-state index in [-0.39, 0.29) is 11.7 Å². The van der Waals surface area contributed by atoms with Crippen molar-refractivity contribution in [2.24, 2.45) is 11.8 Å². The van der Waals surface area contributed by atoms with Gasteiger partial charge >= 0.3 is 0 Å². The molecule has 2 aliphatic rings. The summed E-state index contributed by atoms with van der Waals surface area (Å²) in [5.74, 6) is 0.961. The highest BCUT2D eigenvalue weighted by Gasteiger charge is 2.40. The van der Waals surface area contributed by atoms with Crippen molar-refractivity contribution in [3.05, 3.63) is 35.6 Å². The van der Waals surface area contributed by atoms with Gasteiger partial charge in [-0.25, -0.2) is 4.39 Å². The fourth-order valence-corrected chi connectivity index (χ4v) is 3.30. The first-order valence-electron chi connectivity index (χ1n) is 6.29. The number of benzene rings is 1. The molecule has 0 spiro atoms. The van der Waals surface area contributed by atoms with Gasteiger partial charge < -0.3 is 5.32 Å². The molecular formula is C14H16FNO. The first-order valence-corrected chi connectivity index (χ1v) is 6.29. The average molecular weight is 233 g/mol. The standard InChI is InChI=1S/C14H16FNO/c15-12-3-1-2-11(8-12)14(17)16-13-7-9-4-5-10(13)6-9/h1-3,8-10,13H,4-7H2,(H,16,17)/t9-,10-,13+/m0/s1. The lowest BCUT2D eigenvalue weighted by Gasteiger charge is -2.22. The molecule has 2 saturated carbocycles. The summed E-state index contributed by atoms with van der Waals surface area (Å²) in [4.78, 5) is 12.0. The summed E-state index contributed by atoms with van der Waals surface area (Å²) >= 11 is 0. The lowest BCUT2D eigenvalue weighted by Crippen LogP contribution is -2.38. The number of hydrogen-bond acceptors (Lipinski definition) is 1. The molecule has 2 aliphatic carbocycles. The van der Waals surface area contributed by atoms with E-state index in [4.69, 9.17) is 0 Å². The summed E-state index contributed by atoms with van der Waals surface area (Å²) in [6.45, 7) is 0. The van der Waals surface area contributed by atoms with Gasteiger partial charge in [-0.05, 0) is 49.3 Å². The van der Waals surface area contributed by atoms with Crippen molar-refractivity contribution in [2.45, 2.75) is 31.7 Å². The molecule has 1 aromatic rings. The highest BCUT2D eigenvalue weighted by atomic mass is 19.1. The third kappa shape index (κ3) is 2.06. The smallest absolute Gasteiger partial charge is 0.251 e. The molecule has 0 radical (unpaired) electrons. The number of fused-ring (bicyclic) bond motifs is 2. The Kier molecular flexibility index (Phi) is 2.61. The second-order valence-corrected chi connectivity index (χ2v) is 5.27. The van der Waals surface area contributed by atoms with Crippen LogP contribution in [-0.4, -0.2) is 11.9 Å². The number of hydrogen-bond donors (Lipinski definition) is 1. The van der Waals surface area contributed by atoms with E-state index >= 15 is 0 Å². The van der Waals surface area contributed by atoms with Gasteiger partial charge in [-0.15, -0.1) is 0 Å². The highest BCUT2D eigenvalue weighted by molar-refractivity contribution is 5.94. The molecule has 0 aliphatic heterocycles. The zero-order valence-electron chi connectivity index (χ0n) is 9.66. The summed E-state index contributed by atoms with van der Waals surface area (Å²) in [5, 5.41) is 3.05. The van der Waals surface area contributed by atoms with Gasteiger partial charge in [0.2, 0.25) is 0 Å². The number of carbonyl (C=O) groups is 1. The number of halogens is 1. The summed E-state index contributed by atoms with van der Waals surface area (Å²) in [5.41, 5.74) is 0.424. The van der Waals surface area contributed by atoms with Crippen molar-refractivity contribution in [3.63, 3.8) is 0 Å². The van der Waals surface area contributed by atoms with E-state index in [1.807, 2.05) is 0 Å². The van der Waals surface area contributed by atoms with E-state index in [1.165, 1.54) is 31.4 Å². The molecule has 3 heteroatoms. The zero-order chi connectivity index (χ0) is 11.8. The maximum atomic E-state index is 13.0. The van der Waals surface area contributed by atoms with E-state index < -0.39 is 0 Å². The minimum absolute atomic E-state index is 0.137. The molecule has 3 atom stereocenters. The normalized spacial score (nSPS) is 30.5. The maximum Gasteiger partial charge on any atom is 0.251 e. The zero-order valence-corrected chi connectivity index (χ0v) is 9.66. The SMILES string of the molecule is O=C(N[C@@H]1C[C@H]2CC[C@H]1C2)c1cccc(F)c1. The molecule has 0 heterocycles. The summed E-state index contributed by atoms with van der Waals surface area (Å²) < 4.78 is 13.0. The van der Waals surface area contributed by atoms with Gasteiger partial charge in [-0.1, -0.05) is 12.5 Å². The van der Waals surface area contributed by atoms with Crippen molar-refractivity contribution >= 4 is 5.91 Å². The number of carbonyl (C=O) groups excluding carboxylic acids is 1. The molecule has 1 N–H and O–H groups in total. The summed E-state index contributed by atoms with van der Waals surface area (Å²) in [7, 11) is 0. The molecule has 0 unspecified atom stereocenters. The predicted octanol–water partition coefficient (Wildman–Crippen LogP) is 2.74. The molecule has 2 nitrogen and oxygen atoms in total. The van der Waals surface area contributed by atoms with Crippen LogP contribution in [0.2, 0.25) is 0 Å². The van der Waals surface area contributed by atoms with E-state index in [1.54, 1.807) is 12.1 Å². The Labute approximate surface area is 100 Å². The van der Waals surface area contributed by atoms with Gasteiger partial charge in [0.05, 0.1) is 0 Å². The van der Waals surface area contributed by atoms with Crippen LogP contribution < -0.4 is 5.32 Å². The van der Waals surface area contributed by atoms with Crippen LogP contribution in [0.4, 0.5) is 4.39 Å². The Morgan fingerprint density at radius 1 is 1.29 bits per heavy atom. The molecule has 0 aromatic heterocycles. The van der Waals surface area contributed by atoms with Crippen molar-refractivity contribution in [2.75, 3.05) is 0 Å². The molecule has 1 aromatic carbocycles. The van der Waals surface area contributed by atoms with Crippen molar-refractivity contribution in [3.8, 4) is 0 Å². The van der Waals surface area contributed by atoms with Gasteiger partial charge in [0.25, 0.3) is 5.91 Å². The van der Waals surface area contributed by atoms with Crippen molar-refractivity contribution in [1.82, 2.24) is 5.32 Å². The highest BCUT2D eigenvalue weighted by Crippen LogP contribution is 2.44. The van der Waals surface area contributed by atoms with Gasteiger partial charge in [0.1, 0.15) is 5.82 Å². The van der Waals surface area contributed by atoms with Crippen LogP contribution in [0.15, 0.2) is 24.3 Å². The Morgan fingerprint density at radius 2 is 2.18 bits per heavy atom. The van der Waals surface area contributed by atoms with Crippen LogP contribution in [0.25, 0.3) is 0 Å². The number of rotatable bonds is 2. The van der Waals surface area contributed by atoms with Crippen LogP contribution in [0.3, 0.4) is 0 Å². The summed E-state index contributed by atoms with van der Waals surface area (Å²) in [6, 6.07) is 6.19. The van der Waals surface area contributed by atoms with Crippen LogP contribution in [0.1, 0.15) is 36.0 Å². The lowest BCUT2D eigenvalue weighted by molar-refractivity contribution is 0.0922. The minimum Gasteiger partial charge on any atom is -0.349 e. The molecule has 2 bridgehead atoms. The molecule has 0 saturated heterocycles. The Hall–Kier alpha value is -1.38.